The molecule has 1 aliphatic carbocycles. The second-order valence-electron chi connectivity index (χ2n) is 9.46. The van der Waals surface area contributed by atoms with Crippen molar-refractivity contribution in [3.63, 3.8) is 0 Å². The van der Waals surface area contributed by atoms with E-state index in [4.69, 9.17) is 5.10 Å². The predicted molar refractivity (Wildman–Crippen MR) is 139 cm³/mol. The number of fused-ring (bicyclic) bond motifs is 2. The monoisotopic (exact) mass is 491 g/mol. The summed E-state index contributed by atoms with van der Waals surface area (Å²) < 4.78 is 1.65. The van der Waals surface area contributed by atoms with Crippen LogP contribution < -0.4 is 10.6 Å². The lowest BCUT2D eigenvalue weighted by atomic mass is 9.92. The molecule has 4 amide bonds. The van der Waals surface area contributed by atoms with Crippen LogP contribution in [0.25, 0.3) is 16.9 Å². The number of hydrogen-bond donors (Lipinski definition) is 2. The van der Waals surface area contributed by atoms with Gasteiger partial charge >= 0.3 is 6.03 Å². The number of aromatic nitrogens is 2. The van der Waals surface area contributed by atoms with Gasteiger partial charge in [0.15, 0.2) is 0 Å². The molecule has 1 atom stereocenters. The van der Waals surface area contributed by atoms with Crippen LogP contribution >= 0.6 is 0 Å². The summed E-state index contributed by atoms with van der Waals surface area (Å²) in [6, 6.07) is 26.3. The molecule has 37 heavy (non-hydrogen) atoms. The standard InChI is InChI=1S/C29H25N5O3/c1-19-11-13-21(14-12-19)24-17-25(34(32-24)22-8-3-2-4-9-22)30-26(35)18-33-27(36)29(31-28(33)37)16-15-20-7-5-6-10-23(20)29/h2-14,17H,15-16,18H2,1H3,(H,30,35)(H,31,37). The Labute approximate surface area is 213 Å². The molecule has 1 spiro atoms. The molecule has 2 heterocycles. The van der Waals surface area contributed by atoms with Gasteiger partial charge in [0.1, 0.15) is 17.9 Å². The Hall–Kier alpha value is -4.72. The molecule has 1 aromatic heterocycles. The molecule has 4 aromatic rings. The Morgan fingerprint density at radius 3 is 2.51 bits per heavy atom. The lowest BCUT2D eigenvalue weighted by Gasteiger charge is -2.22. The minimum atomic E-state index is -1.10. The second kappa shape index (κ2) is 8.74. The van der Waals surface area contributed by atoms with E-state index in [-0.39, 0.29) is 0 Å². The van der Waals surface area contributed by atoms with E-state index in [1.807, 2.05) is 85.8 Å². The molecular weight excluding hydrogens is 466 g/mol. The number of para-hydroxylation sites is 1. The van der Waals surface area contributed by atoms with Crippen molar-refractivity contribution in [3.8, 4) is 16.9 Å². The van der Waals surface area contributed by atoms with Crippen LogP contribution in [0.1, 0.15) is 23.1 Å². The molecule has 0 bridgehead atoms. The van der Waals surface area contributed by atoms with E-state index in [0.29, 0.717) is 24.4 Å². The van der Waals surface area contributed by atoms with Gasteiger partial charge in [-0.1, -0.05) is 72.3 Å². The zero-order chi connectivity index (χ0) is 25.6. The van der Waals surface area contributed by atoms with Gasteiger partial charge in [0.05, 0.1) is 11.4 Å². The second-order valence-corrected chi connectivity index (χ2v) is 9.46. The number of carbonyl (C=O) groups excluding carboxylic acids is 3. The fraction of sp³-hybridized carbons (Fsp3) is 0.172. The average molecular weight is 492 g/mol. The molecule has 184 valence electrons. The highest BCUT2D eigenvalue weighted by molar-refractivity contribution is 6.11. The summed E-state index contributed by atoms with van der Waals surface area (Å²) in [5.41, 5.74) is 4.25. The number of nitrogens with one attached hydrogen (secondary N) is 2. The van der Waals surface area contributed by atoms with Gasteiger partial charge in [-0.25, -0.2) is 9.48 Å². The molecule has 6 rings (SSSR count). The first kappa shape index (κ1) is 22.7. The van der Waals surface area contributed by atoms with Crippen LogP contribution in [0.3, 0.4) is 0 Å². The van der Waals surface area contributed by atoms with Crippen LogP contribution in [-0.2, 0) is 21.5 Å². The molecule has 2 N–H and O–H groups in total. The fourth-order valence-electron chi connectivity index (χ4n) is 5.16. The number of amides is 4. The van der Waals surface area contributed by atoms with Gasteiger partial charge in [-0.2, -0.15) is 5.10 Å². The average Bonchev–Trinajstić information content (AvgIpc) is 3.56. The van der Waals surface area contributed by atoms with Crippen molar-refractivity contribution < 1.29 is 14.4 Å². The van der Waals surface area contributed by atoms with E-state index in [1.165, 1.54) is 0 Å². The molecule has 1 fully saturated rings. The van der Waals surface area contributed by atoms with Gasteiger partial charge in [-0.05, 0) is 43.0 Å². The lowest BCUT2D eigenvalue weighted by Crippen LogP contribution is -2.43. The summed E-state index contributed by atoms with van der Waals surface area (Å²) in [5.74, 6) is -0.436. The molecule has 1 unspecified atom stereocenters. The van der Waals surface area contributed by atoms with Crippen molar-refractivity contribution in [1.29, 1.82) is 0 Å². The molecule has 1 aliphatic heterocycles. The zero-order valence-electron chi connectivity index (χ0n) is 20.3. The van der Waals surface area contributed by atoms with E-state index in [0.717, 1.165) is 32.8 Å². The first-order valence-corrected chi connectivity index (χ1v) is 12.2. The van der Waals surface area contributed by atoms with Crippen molar-refractivity contribution >= 4 is 23.7 Å². The van der Waals surface area contributed by atoms with Crippen LogP contribution in [0.15, 0.2) is 84.9 Å². The third kappa shape index (κ3) is 3.87. The SMILES string of the molecule is Cc1ccc(-c2cc(NC(=O)CN3C(=O)NC4(CCc5ccccc54)C3=O)n(-c3ccccc3)n2)cc1. The highest BCUT2D eigenvalue weighted by atomic mass is 16.2. The third-order valence-electron chi connectivity index (χ3n) is 7.05. The number of urea groups is 1. The maximum absolute atomic E-state index is 13.4. The van der Waals surface area contributed by atoms with Crippen LogP contribution in [0.5, 0.6) is 0 Å². The Kier molecular flexibility index (Phi) is 5.37. The summed E-state index contributed by atoms with van der Waals surface area (Å²) in [4.78, 5) is 40.4. The van der Waals surface area contributed by atoms with E-state index in [2.05, 4.69) is 10.6 Å². The summed E-state index contributed by atoms with van der Waals surface area (Å²) in [5, 5.41) is 10.4. The quantitative estimate of drug-likeness (QED) is 0.410. The molecule has 1 saturated heterocycles. The fourth-order valence-corrected chi connectivity index (χ4v) is 5.16. The largest absolute Gasteiger partial charge is 0.325 e. The number of hydrogen-bond acceptors (Lipinski definition) is 4. The number of aryl methyl sites for hydroxylation is 2. The molecule has 8 nitrogen and oxygen atoms in total. The minimum Gasteiger partial charge on any atom is -0.319 e. The van der Waals surface area contributed by atoms with Gasteiger partial charge in [0.25, 0.3) is 5.91 Å². The topological polar surface area (TPSA) is 96.3 Å². The van der Waals surface area contributed by atoms with Crippen molar-refractivity contribution in [2.75, 3.05) is 11.9 Å². The Bertz CT molecular complexity index is 1530. The van der Waals surface area contributed by atoms with Gasteiger partial charge in [0, 0.05) is 11.6 Å². The molecule has 3 aromatic carbocycles. The number of benzene rings is 3. The third-order valence-corrected chi connectivity index (χ3v) is 7.05. The number of carbonyl (C=O) groups is 3. The zero-order valence-corrected chi connectivity index (χ0v) is 20.3. The first-order chi connectivity index (χ1) is 17.9. The van der Waals surface area contributed by atoms with Crippen LogP contribution in [0.4, 0.5) is 10.6 Å². The Balaban J connectivity index is 1.26. The molecule has 0 saturated carbocycles. The Morgan fingerprint density at radius 1 is 1.00 bits per heavy atom. The number of nitrogens with zero attached hydrogens (tertiary/aromatic N) is 3. The molecule has 0 radical (unpaired) electrons. The first-order valence-electron chi connectivity index (χ1n) is 12.2. The van der Waals surface area contributed by atoms with E-state index in [9.17, 15) is 14.4 Å². The smallest absolute Gasteiger partial charge is 0.319 e. The predicted octanol–water partition coefficient (Wildman–Crippen LogP) is 4.18. The summed E-state index contributed by atoms with van der Waals surface area (Å²) >= 11 is 0. The van der Waals surface area contributed by atoms with Crippen LogP contribution in [0, 0.1) is 6.92 Å². The number of anilines is 1. The van der Waals surface area contributed by atoms with Crippen molar-refractivity contribution in [2.45, 2.75) is 25.3 Å². The van der Waals surface area contributed by atoms with E-state index < -0.39 is 29.9 Å². The highest BCUT2D eigenvalue weighted by Gasteiger charge is 2.55. The normalized spacial score (nSPS) is 18.2. The Morgan fingerprint density at radius 2 is 1.73 bits per heavy atom. The maximum Gasteiger partial charge on any atom is 0.325 e. The molecule has 2 aliphatic rings. The lowest BCUT2D eigenvalue weighted by molar-refractivity contribution is -0.134. The number of imide groups is 1. The molecular formula is C29H25N5O3. The van der Waals surface area contributed by atoms with Crippen molar-refractivity contribution in [1.82, 2.24) is 20.0 Å². The summed E-state index contributed by atoms with van der Waals surface area (Å²) in [7, 11) is 0. The summed E-state index contributed by atoms with van der Waals surface area (Å²) in [6.07, 6.45) is 1.18. The minimum absolute atomic E-state index is 0.394. The van der Waals surface area contributed by atoms with Gasteiger partial charge < -0.3 is 10.6 Å². The van der Waals surface area contributed by atoms with Gasteiger partial charge in [-0.3, -0.25) is 14.5 Å². The molecule has 8 heteroatoms. The van der Waals surface area contributed by atoms with Gasteiger partial charge in [0.2, 0.25) is 5.91 Å². The van der Waals surface area contributed by atoms with Crippen molar-refractivity contribution in [3.05, 3.63) is 102 Å². The summed E-state index contributed by atoms with van der Waals surface area (Å²) in [6.45, 7) is 1.62. The van der Waals surface area contributed by atoms with Crippen LogP contribution in [-0.4, -0.2) is 39.1 Å². The van der Waals surface area contributed by atoms with E-state index in [1.54, 1.807) is 10.7 Å². The number of rotatable bonds is 5. The maximum atomic E-state index is 13.4. The van der Waals surface area contributed by atoms with Crippen LogP contribution in [0.2, 0.25) is 0 Å². The highest BCUT2D eigenvalue weighted by Crippen LogP contribution is 2.41. The van der Waals surface area contributed by atoms with Gasteiger partial charge in [-0.15, -0.1) is 0 Å². The van der Waals surface area contributed by atoms with E-state index >= 15 is 0 Å². The van der Waals surface area contributed by atoms with Crippen molar-refractivity contribution in [2.24, 2.45) is 0 Å².